The first-order valence-corrected chi connectivity index (χ1v) is 11.2. The van der Waals surface area contributed by atoms with Gasteiger partial charge < -0.3 is 14.4 Å². The average Bonchev–Trinajstić information content (AvgIpc) is 3.28. The zero-order chi connectivity index (χ0) is 22.8. The molecule has 0 aliphatic carbocycles. The lowest BCUT2D eigenvalue weighted by Crippen LogP contribution is -2.40. The second-order valence-corrected chi connectivity index (χ2v) is 8.36. The van der Waals surface area contributed by atoms with E-state index in [2.05, 4.69) is 15.2 Å². The normalized spacial score (nSPS) is 13.9. The number of ether oxygens (including phenoxy) is 2. The number of nitrogens with one attached hydrogen (secondary N) is 1. The summed E-state index contributed by atoms with van der Waals surface area (Å²) in [6.07, 6.45) is 1.71. The third-order valence-corrected chi connectivity index (χ3v) is 6.17. The molecule has 7 nitrogen and oxygen atoms in total. The van der Waals surface area contributed by atoms with E-state index in [-0.39, 0.29) is 5.91 Å². The van der Waals surface area contributed by atoms with Crippen molar-refractivity contribution in [2.75, 3.05) is 26.3 Å². The number of amides is 1. The van der Waals surface area contributed by atoms with Crippen molar-refractivity contribution < 1.29 is 14.3 Å². The van der Waals surface area contributed by atoms with E-state index in [1.165, 1.54) is 0 Å². The van der Waals surface area contributed by atoms with Crippen LogP contribution in [0.2, 0.25) is 5.02 Å². The van der Waals surface area contributed by atoms with Crippen LogP contribution in [0.4, 0.5) is 0 Å². The van der Waals surface area contributed by atoms with Gasteiger partial charge in [0.15, 0.2) is 5.65 Å². The van der Waals surface area contributed by atoms with E-state index in [1.807, 2.05) is 60.4 Å². The molecule has 0 bridgehead atoms. The van der Waals surface area contributed by atoms with Crippen LogP contribution in [0.25, 0.3) is 22.2 Å². The maximum Gasteiger partial charge on any atom is 0.254 e. The van der Waals surface area contributed by atoms with Crippen molar-refractivity contribution in [3.8, 4) is 16.9 Å². The average molecular weight is 463 g/mol. The van der Waals surface area contributed by atoms with Crippen molar-refractivity contribution >= 4 is 28.5 Å². The van der Waals surface area contributed by atoms with Gasteiger partial charge in [0, 0.05) is 40.8 Å². The number of rotatable bonds is 5. The standard InChI is InChI=1S/C25H23ClN4O3/c1-16-12-23(33-15-22-19-6-3-7-27-24(19)29-28-22)20(14-21(16)26)17-4-2-5-18(13-17)25(31)30-8-10-32-11-9-30/h2-7,12-14H,8-11,15H2,1H3,(H,27,28,29). The SMILES string of the molecule is Cc1cc(OCc2[nH]nc3ncccc23)c(-c2cccc(C(=O)N3CCOCC3)c2)cc1Cl. The number of hydrogen-bond acceptors (Lipinski definition) is 5. The molecule has 33 heavy (non-hydrogen) atoms. The van der Waals surface area contributed by atoms with E-state index in [0.29, 0.717) is 54.9 Å². The predicted molar refractivity (Wildman–Crippen MR) is 127 cm³/mol. The predicted octanol–water partition coefficient (Wildman–Crippen LogP) is 4.64. The molecule has 0 unspecified atom stereocenters. The molecule has 5 rings (SSSR count). The number of halogens is 1. The number of carbonyl (C=O) groups is 1. The highest BCUT2D eigenvalue weighted by Gasteiger charge is 2.20. The van der Waals surface area contributed by atoms with Crippen molar-refractivity contribution in [1.29, 1.82) is 0 Å². The van der Waals surface area contributed by atoms with Gasteiger partial charge in [0.25, 0.3) is 5.91 Å². The molecule has 1 aliphatic heterocycles. The summed E-state index contributed by atoms with van der Waals surface area (Å²) >= 11 is 6.47. The Morgan fingerprint density at radius 3 is 2.88 bits per heavy atom. The Balaban J connectivity index is 1.45. The van der Waals surface area contributed by atoms with Gasteiger partial charge in [-0.3, -0.25) is 9.89 Å². The number of aryl methyl sites for hydroxylation is 1. The van der Waals surface area contributed by atoms with Crippen LogP contribution in [0.1, 0.15) is 21.6 Å². The van der Waals surface area contributed by atoms with Crippen molar-refractivity contribution in [3.05, 3.63) is 76.6 Å². The number of fused-ring (bicyclic) bond motifs is 1. The lowest BCUT2D eigenvalue weighted by molar-refractivity contribution is 0.0303. The van der Waals surface area contributed by atoms with Gasteiger partial charge >= 0.3 is 0 Å². The van der Waals surface area contributed by atoms with E-state index >= 15 is 0 Å². The van der Waals surface area contributed by atoms with Gasteiger partial charge in [-0.2, -0.15) is 5.10 Å². The third-order valence-electron chi connectivity index (χ3n) is 5.76. The van der Waals surface area contributed by atoms with E-state index < -0.39 is 0 Å². The molecule has 1 fully saturated rings. The minimum Gasteiger partial charge on any atom is -0.487 e. The van der Waals surface area contributed by atoms with Crippen molar-refractivity contribution in [1.82, 2.24) is 20.1 Å². The monoisotopic (exact) mass is 462 g/mol. The molecule has 8 heteroatoms. The smallest absolute Gasteiger partial charge is 0.254 e. The highest BCUT2D eigenvalue weighted by molar-refractivity contribution is 6.31. The number of hydrogen-bond donors (Lipinski definition) is 1. The van der Waals surface area contributed by atoms with Gasteiger partial charge in [0.2, 0.25) is 0 Å². The molecule has 0 atom stereocenters. The highest BCUT2D eigenvalue weighted by atomic mass is 35.5. The zero-order valence-corrected chi connectivity index (χ0v) is 18.9. The number of aromatic amines is 1. The fraction of sp³-hybridized carbons (Fsp3) is 0.240. The second-order valence-electron chi connectivity index (χ2n) is 7.95. The molecular weight excluding hydrogens is 440 g/mol. The molecule has 0 radical (unpaired) electrons. The number of aromatic nitrogens is 3. The Bertz CT molecular complexity index is 1310. The molecule has 1 N–H and O–H groups in total. The quantitative estimate of drug-likeness (QED) is 0.467. The Morgan fingerprint density at radius 2 is 2.03 bits per heavy atom. The van der Waals surface area contributed by atoms with E-state index in [9.17, 15) is 4.79 Å². The molecule has 2 aromatic carbocycles. The van der Waals surface area contributed by atoms with E-state index in [1.54, 1.807) is 6.20 Å². The first-order chi connectivity index (χ1) is 16.1. The number of benzene rings is 2. The van der Waals surface area contributed by atoms with Crippen LogP contribution in [-0.2, 0) is 11.3 Å². The number of nitrogens with zero attached hydrogens (tertiary/aromatic N) is 3. The molecule has 0 saturated carbocycles. The van der Waals surface area contributed by atoms with Gasteiger partial charge in [-0.05, 0) is 54.4 Å². The number of pyridine rings is 1. The molecule has 1 saturated heterocycles. The first-order valence-electron chi connectivity index (χ1n) is 10.8. The van der Waals surface area contributed by atoms with Gasteiger partial charge in [-0.1, -0.05) is 23.7 Å². The summed E-state index contributed by atoms with van der Waals surface area (Å²) in [6, 6.07) is 15.2. The summed E-state index contributed by atoms with van der Waals surface area (Å²) in [5.41, 5.74) is 4.71. The van der Waals surface area contributed by atoms with Crippen LogP contribution in [0, 0.1) is 6.92 Å². The van der Waals surface area contributed by atoms with Gasteiger partial charge in [0.05, 0.1) is 18.9 Å². The summed E-state index contributed by atoms with van der Waals surface area (Å²) in [5, 5.41) is 8.79. The molecule has 3 heterocycles. The Labute approximate surface area is 196 Å². The van der Waals surface area contributed by atoms with Crippen LogP contribution in [0.5, 0.6) is 5.75 Å². The zero-order valence-electron chi connectivity index (χ0n) is 18.2. The number of morpholine rings is 1. The molecular formula is C25H23ClN4O3. The summed E-state index contributed by atoms with van der Waals surface area (Å²) in [5.74, 6) is 0.678. The second kappa shape index (κ2) is 9.21. The third kappa shape index (κ3) is 4.42. The van der Waals surface area contributed by atoms with Crippen molar-refractivity contribution in [2.24, 2.45) is 0 Å². The maximum absolute atomic E-state index is 13.0. The largest absolute Gasteiger partial charge is 0.487 e. The molecule has 4 aromatic rings. The van der Waals surface area contributed by atoms with Gasteiger partial charge in [0.1, 0.15) is 12.4 Å². The lowest BCUT2D eigenvalue weighted by Gasteiger charge is -2.27. The molecule has 1 aliphatic rings. The highest BCUT2D eigenvalue weighted by Crippen LogP contribution is 2.36. The summed E-state index contributed by atoms with van der Waals surface area (Å²) in [7, 11) is 0. The topological polar surface area (TPSA) is 80.3 Å². The van der Waals surface area contributed by atoms with Crippen LogP contribution >= 0.6 is 11.6 Å². The first kappa shape index (κ1) is 21.4. The molecule has 168 valence electrons. The van der Waals surface area contributed by atoms with E-state index in [4.69, 9.17) is 21.1 Å². The van der Waals surface area contributed by atoms with Gasteiger partial charge in [-0.15, -0.1) is 0 Å². The van der Waals surface area contributed by atoms with Crippen LogP contribution in [0.15, 0.2) is 54.7 Å². The van der Waals surface area contributed by atoms with Crippen LogP contribution in [-0.4, -0.2) is 52.3 Å². The summed E-state index contributed by atoms with van der Waals surface area (Å²) in [4.78, 5) is 19.1. The minimum atomic E-state index is -0.00254. The fourth-order valence-corrected chi connectivity index (χ4v) is 4.09. The molecule has 2 aromatic heterocycles. The van der Waals surface area contributed by atoms with E-state index in [0.717, 1.165) is 27.8 Å². The maximum atomic E-state index is 13.0. The summed E-state index contributed by atoms with van der Waals surface area (Å²) in [6.45, 7) is 4.56. The molecule has 0 spiro atoms. The Morgan fingerprint density at radius 1 is 1.18 bits per heavy atom. The van der Waals surface area contributed by atoms with Crippen LogP contribution in [0.3, 0.4) is 0 Å². The summed E-state index contributed by atoms with van der Waals surface area (Å²) < 4.78 is 11.6. The number of H-pyrrole nitrogens is 1. The Hall–Kier alpha value is -3.42. The Kier molecular flexibility index (Phi) is 5.98. The van der Waals surface area contributed by atoms with Crippen molar-refractivity contribution in [2.45, 2.75) is 13.5 Å². The fourth-order valence-electron chi connectivity index (χ4n) is 3.93. The number of carbonyl (C=O) groups excluding carboxylic acids is 1. The van der Waals surface area contributed by atoms with Crippen molar-refractivity contribution in [3.63, 3.8) is 0 Å². The minimum absolute atomic E-state index is 0.00254. The lowest BCUT2D eigenvalue weighted by atomic mass is 10.00. The van der Waals surface area contributed by atoms with Gasteiger partial charge in [-0.25, -0.2) is 4.98 Å². The molecule has 1 amide bonds. The van der Waals surface area contributed by atoms with Crippen LogP contribution < -0.4 is 4.74 Å².